The summed E-state index contributed by atoms with van der Waals surface area (Å²) in [7, 11) is 1.80. The first-order valence-electron chi connectivity index (χ1n) is 10.1. The number of nitrogens with zero attached hydrogens (tertiary/aromatic N) is 5. The molecule has 0 saturated carbocycles. The Kier molecular flexibility index (Phi) is 5.99. The van der Waals surface area contributed by atoms with Crippen molar-refractivity contribution in [3.8, 4) is 11.1 Å². The first kappa shape index (κ1) is 20.3. The molecule has 1 fully saturated rings. The first-order valence-corrected chi connectivity index (χ1v) is 10.5. The summed E-state index contributed by atoms with van der Waals surface area (Å²) in [6.45, 7) is 6.27. The van der Waals surface area contributed by atoms with E-state index in [1.54, 1.807) is 7.05 Å². The van der Waals surface area contributed by atoms with E-state index < -0.39 is 0 Å². The zero-order valence-electron chi connectivity index (χ0n) is 17.3. The summed E-state index contributed by atoms with van der Waals surface area (Å²) in [5, 5.41) is 11.3. The topological polar surface area (TPSA) is 80.5 Å². The lowest BCUT2D eigenvalue weighted by atomic mass is 10.1. The van der Waals surface area contributed by atoms with Crippen LogP contribution in [0.2, 0.25) is 5.02 Å². The molecule has 0 unspecified atom stereocenters. The van der Waals surface area contributed by atoms with Crippen LogP contribution in [0.4, 0.5) is 11.6 Å². The zero-order valence-corrected chi connectivity index (χ0v) is 18.1. The van der Waals surface area contributed by atoms with Crippen LogP contribution in [-0.4, -0.2) is 66.1 Å². The number of hydrogen-bond donors (Lipinski definition) is 2. The molecule has 4 rings (SSSR count). The largest absolute Gasteiger partial charge is 0.370 e. The molecule has 0 radical (unpaired) electrons. The third-order valence-electron chi connectivity index (χ3n) is 5.40. The van der Waals surface area contributed by atoms with Gasteiger partial charge in [-0.3, -0.25) is 4.99 Å². The average Bonchev–Trinajstić information content (AvgIpc) is 3.22. The van der Waals surface area contributed by atoms with Gasteiger partial charge >= 0.3 is 0 Å². The van der Waals surface area contributed by atoms with Crippen LogP contribution in [0.15, 0.2) is 47.4 Å². The van der Waals surface area contributed by atoms with Crippen molar-refractivity contribution < 1.29 is 0 Å². The summed E-state index contributed by atoms with van der Waals surface area (Å²) in [6, 6.07) is 6.01. The van der Waals surface area contributed by atoms with Gasteiger partial charge in [0.2, 0.25) is 5.95 Å². The van der Waals surface area contributed by atoms with E-state index in [-0.39, 0.29) is 0 Å². The Morgan fingerprint density at radius 2 is 1.83 bits per heavy atom. The van der Waals surface area contributed by atoms with Gasteiger partial charge in [-0.1, -0.05) is 11.6 Å². The summed E-state index contributed by atoms with van der Waals surface area (Å²) in [5.74, 6) is 0.598. The van der Waals surface area contributed by atoms with E-state index in [2.05, 4.69) is 42.2 Å². The normalized spacial score (nSPS) is 16.4. The predicted molar refractivity (Wildman–Crippen MR) is 124 cm³/mol. The molecule has 0 bridgehead atoms. The van der Waals surface area contributed by atoms with Crippen LogP contribution in [0.25, 0.3) is 11.1 Å². The van der Waals surface area contributed by atoms with Gasteiger partial charge in [-0.05, 0) is 31.2 Å². The lowest BCUT2D eigenvalue weighted by Gasteiger charge is -2.38. The van der Waals surface area contributed by atoms with E-state index in [4.69, 9.17) is 17.0 Å². The summed E-state index contributed by atoms with van der Waals surface area (Å²) >= 11 is 6.31. The molecule has 7 nitrogen and oxygen atoms in total. The molecule has 0 atom stereocenters. The highest BCUT2D eigenvalue weighted by Crippen LogP contribution is 2.34. The number of anilines is 2. The average molecular weight is 424 g/mol. The van der Waals surface area contributed by atoms with Crippen molar-refractivity contribution in [3.63, 3.8) is 0 Å². The number of halogens is 1. The number of piperazine rings is 1. The van der Waals surface area contributed by atoms with Gasteiger partial charge in [-0.25, -0.2) is 9.97 Å². The van der Waals surface area contributed by atoms with Gasteiger partial charge in [0.05, 0.1) is 6.54 Å². The van der Waals surface area contributed by atoms with Crippen LogP contribution in [0.1, 0.15) is 13.3 Å². The van der Waals surface area contributed by atoms with E-state index in [0.29, 0.717) is 23.1 Å². The molecule has 1 aromatic heterocycles. The molecule has 1 saturated heterocycles. The van der Waals surface area contributed by atoms with Crippen molar-refractivity contribution in [2.75, 3.05) is 50.0 Å². The van der Waals surface area contributed by atoms with Crippen molar-refractivity contribution in [1.82, 2.24) is 14.9 Å². The smallest absolute Gasteiger partial charge is 0.222 e. The Bertz CT molecular complexity index is 989. The zero-order chi connectivity index (χ0) is 21.1. The quantitative estimate of drug-likeness (QED) is 0.692. The monoisotopic (exact) mass is 423 g/mol. The highest BCUT2D eigenvalue weighted by molar-refractivity contribution is 6.31. The van der Waals surface area contributed by atoms with Crippen LogP contribution < -0.4 is 10.2 Å². The van der Waals surface area contributed by atoms with Gasteiger partial charge in [0.1, 0.15) is 0 Å². The highest BCUT2D eigenvalue weighted by Gasteiger charge is 2.23. The molecule has 3 heterocycles. The molecule has 0 amide bonds. The molecule has 2 aliphatic rings. The summed E-state index contributed by atoms with van der Waals surface area (Å²) < 4.78 is 0. The fourth-order valence-electron chi connectivity index (χ4n) is 3.88. The molecule has 0 aliphatic carbocycles. The number of nitrogens with one attached hydrogen (secondary N) is 2. The van der Waals surface area contributed by atoms with E-state index in [9.17, 15) is 0 Å². The minimum Gasteiger partial charge on any atom is -0.370 e. The second-order valence-corrected chi connectivity index (χ2v) is 8.02. The van der Waals surface area contributed by atoms with Gasteiger partial charge < -0.3 is 20.5 Å². The summed E-state index contributed by atoms with van der Waals surface area (Å²) in [6.07, 6.45) is 6.46. The fraction of sp³-hybridized carbons (Fsp3) is 0.364. The van der Waals surface area contributed by atoms with Gasteiger partial charge in [-0.2, -0.15) is 0 Å². The second kappa shape index (κ2) is 8.83. The molecule has 2 aliphatic heterocycles. The maximum Gasteiger partial charge on any atom is 0.222 e. The van der Waals surface area contributed by atoms with Crippen molar-refractivity contribution in [3.05, 3.63) is 47.4 Å². The molecule has 156 valence electrons. The standard InChI is InChI=1S/C22H26ClN7/c1-15(24)9-18-11-19(14-26-18)29-5-7-30(8-6-29)21-4-3-17(23)10-20(21)16-12-27-22(25-2)28-13-16/h3-4,10-13,24H,5-9,14H2,1-2H3,(H,25,27,28). The Morgan fingerprint density at radius 1 is 1.13 bits per heavy atom. The lowest BCUT2D eigenvalue weighted by Crippen LogP contribution is -2.46. The van der Waals surface area contributed by atoms with Crippen molar-refractivity contribution in [1.29, 1.82) is 5.41 Å². The number of allylic oxidation sites excluding steroid dienone is 1. The van der Waals surface area contributed by atoms with E-state index in [1.807, 2.05) is 31.5 Å². The van der Waals surface area contributed by atoms with Crippen LogP contribution in [0.3, 0.4) is 0 Å². The highest BCUT2D eigenvalue weighted by atomic mass is 35.5. The van der Waals surface area contributed by atoms with E-state index in [0.717, 1.165) is 55.2 Å². The number of aliphatic imine (C=N–C) groups is 1. The molecule has 8 heteroatoms. The van der Waals surface area contributed by atoms with Gasteiger partial charge in [-0.15, -0.1) is 0 Å². The minimum atomic E-state index is 0.598. The lowest BCUT2D eigenvalue weighted by molar-refractivity contribution is 0.320. The van der Waals surface area contributed by atoms with Crippen molar-refractivity contribution in [2.24, 2.45) is 4.99 Å². The maximum atomic E-state index is 7.67. The van der Waals surface area contributed by atoms with Crippen molar-refractivity contribution in [2.45, 2.75) is 13.3 Å². The predicted octanol–water partition coefficient (Wildman–Crippen LogP) is 3.73. The number of benzene rings is 1. The molecule has 2 aromatic rings. The summed E-state index contributed by atoms with van der Waals surface area (Å²) in [4.78, 5) is 18.1. The SMILES string of the molecule is CNc1ncc(-c2cc(Cl)ccc2N2CCN(C3=CC(CC(C)=N)=NC3)CC2)cn1. The Hall–Kier alpha value is -2.93. The van der Waals surface area contributed by atoms with Gasteiger partial charge in [0.25, 0.3) is 0 Å². The number of aromatic nitrogens is 2. The first-order chi connectivity index (χ1) is 14.5. The third-order valence-corrected chi connectivity index (χ3v) is 5.63. The maximum absolute atomic E-state index is 7.67. The molecule has 30 heavy (non-hydrogen) atoms. The van der Waals surface area contributed by atoms with E-state index in [1.165, 1.54) is 5.70 Å². The van der Waals surface area contributed by atoms with Gasteiger partial charge in [0, 0.05) is 91.0 Å². The van der Waals surface area contributed by atoms with Crippen LogP contribution in [0.5, 0.6) is 0 Å². The molecular formula is C22H26ClN7. The van der Waals surface area contributed by atoms with Crippen LogP contribution in [-0.2, 0) is 0 Å². The Morgan fingerprint density at radius 3 is 2.50 bits per heavy atom. The molecular weight excluding hydrogens is 398 g/mol. The van der Waals surface area contributed by atoms with Crippen LogP contribution in [0, 0.1) is 5.41 Å². The number of hydrogen-bond acceptors (Lipinski definition) is 7. The minimum absolute atomic E-state index is 0.598. The summed E-state index contributed by atoms with van der Waals surface area (Å²) in [5.41, 5.74) is 6.08. The molecule has 2 N–H and O–H groups in total. The fourth-order valence-corrected chi connectivity index (χ4v) is 4.05. The van der Waals surface area contributed by atoms with Crippen molar-refractivity contribution >= 4 is 34.7 Å². The second-order valence-electron chi connectivity index (χ2n) is 7.58. The van der Waals surface area contributed by atoms with Gasteiger partial charge in [0.15, 0.2) is 0 Å². The Balaban J connectivity index is 1.48. The van der Waals surface area contributed by atoms with Crippen LogP contribution >= 0.6 is 11.6 Å². The molecule has 1 aromatic carbocycles. The third kappa shape index (κ3) is 4.46. The molecule has 0 spiro atoms. The Labute approximate surface area is 182 Å². The number of rotatable bonds is 6. The van der Waals surface area contributed by atoms with E-state index >= 15 is 0 Å².